The first-order valence-electron chi connectivity index (χ1n) is 12.0. The van der Waals surface area contributed by atoms with E-state index in [1.54, 1.807) is 6.92 Å². The number of para-hydroxylation sites is 1. The Morgan fingerprint density at radius 1 is 1.09 bits per heavy atom. The Morgan fingerprint density at radius 3 is 2.56 bits per heavy atom. The van der Waals surface area contributed by atoms with Gasteiger partial charge in [-0.2, -0.15) is 0 Å². The number of carboxylic acid groups (broad SMARTS) is 1. The van der Waals surface area contributed by atoms with Crippen LogP contribution in [0, 0.1) is 5.92 Å². The largest absolute Gasteiger partial charge is 0.481 e. The van der Waals surface area contributed by atoms with Crippen LogP contribution in [0.2, 0.25) is 0 Å². The van der Waals surface area contributed by atoms with Crippen molar-refractivity contribution in [1.29, 1.82) is 0 Å². The van der Waals surface area contributed by atoms with E-state index in [-0.39, 0.29) is 5.97 Å². The van der Waals surface area contributed by atoms with Gasteiger partial charge in [0.05, 0.1) is 24.6 Å². The van der Waals surface area contributed by atoms with Crippen molar-refractivity contribution < 1.29 is 24.2 Å². The van der Waals surface area contributed by atoms with E-state index < -0.39 is 11.9 Å². The summed E-state index contributed by atoms with van der Waals surface area (Å²) < 4.78 is 13.8. The fraction of sp³-hybridized carbons (Fsp3) is 0.407. The minimum absolute atomic E-state index is 0.308. The number of hydrogen-bond donors (Lipinski definition) is 1. The van der Waals surface area contributed by atoms with Gasteiger partial charge >= 0.3 is 11.9 Å². The SMILES string of the molecule is CC(C(=O)O)c1ccc(N2CCC(COC(=O)c3c4n(c5ccccc35)CCCO4)CC2)cc1. The van der Waals surface area contributed by atoms with Crippen molar-refractivity contribution >= 4 is 28.5 Å². The van der Waals surface area contributed by atoms with Crippen molar-refractivity contribution in [2.24, 2.45) is 5.92 Å². The number of fused-ring (bicyclic) bond motifs is 3. The summed E-state index contributed by atoms with van der Waals surface area (Å²) in [5, 5.41) is 10.1. The smallest absolute Gasteiger partial charge is 0.344 e. The number of carbonyl (C=O) groups excluding carboxylic acids is 1. The summed E-state index contributed by atoms with van der Waals surface area (Å²) in [6, 6.07) is 15.7. The van der Waals surface area contributed by atoms with Crippen LogP contribution in [0.5, 0.6) is 5.88 Å². The summed E-state index contributed by atoms with van der Waals surface area (Å²) in [6.45, 7) is 5.32. The van der Waals surface area contributed by atoms with E-state index >= 15 is 0 Å². The van der Waals surface area contributed by atoms with E-state index in [9.17, 15) is 14.7 Å². The fourth-order valence-electron chi connectivity index (χ4n) is 4.98. The first-order valence-corrected chi connectivity index (χ1v) is 12.0. The quantitative estimate of drug-likeness (QED) is 0.536. The summed E-state index contributed by atoms with van der Waals surface area (Å²) >= 11 is 0. The average molecular weight is 463 g/mol. The number of carboxylic acids is 1. The van der Waals surface area contributed by atoms with E-state index in [4.69, 9.17) is 9.47 Å². The molecular weight excluding hydrogens is 432 g/mol. The van der Waals surface area contributed by atoms with Gasteiger partial charge in [0, 0.05) is 30.7 Å². The van der Waals surface area contributed by atoms with Gasteiger partial charge in [0.25, 0.3) is 0 Å². The van der Waals surface area contributed by atoms with E-state index in [0.29, 0.717) is 30.6 Å². The summed E-state index contributed by atoms with van der Waals surface area (Å²) in [4.78, 5) is 26.6. The summed E-state index contributed by atoms with van der Waals surface area (Å²) in [5.74, 6) is -0.686. The zero-order valence-corrected chi connectivity index (χ0v) is 19.4. The molecule has 1 fully saturated rings. The monoisotopic (exact) mass is 462 g/mol. The fourth-order valence-corrected chi connectivity index (χ4v) is 4.98. The van der Waals surface area contributed by atoms with Crippen LogP contribution in [-0.4, -0.2) is 47.9 Å². The van der Waals surface area contributed by atoms with Crippen LogP contribution in [0.3, 0.4) is 0 Å². The van der Waals surface area contributed by atoms with Gasteiger partial charge in [-0.05, 0) is 55.9 Å². The maximum Gasteiger partial charge on any atom is 0.344 e. The molecule has 1 atom stereocenters. The Morgan fingerprint density at radius 2 is 1.82 bits per heavy atom. The van der Waals surface area contributed by atoms with Gasteiger partial charge in [0.2, 0.25) is 5.88 Å². The van der Waals surface area contributed by atoms with Crippen LogP contribution in [-0.2, 0) is 16.1 Å². The van der Waals surface area contributed by atoms with Crippen LogP contribution in [0.1, 0.15) is 48.0 Å². The molecule has 7 heteroatoms. The summed E-state index contributed by atoms with van der Waals surface area (Å²) in [6.07, 6.45) is 2.80. The summed E-state index contributed by atoms with van der Waals surface area (Å²) in [7, 11) is 0. The molecule has 3 aromatic rings. The molecule has 0 amide bonds. The Hall–Kier alpha value is -3.48. The van der Waals surface area contributed by atoms with E-state index in [0.717, 1.165) is 61.1 Å². The van der Waals surface area contributed by atoms with Crippen molar-refractivity contribution in [2.45, 2.75) is 38.6 Å². The number of aromatic nitrogens is 1. The number of rotatable bonds is 6. The molecule has 0 bridgehead atoms. The second-order valence-electron chi connectivity index (χ2n) is 9.23. The highest BCUT2D eigenvalue weighted by molar-refractivity contribution is 6.07. The third-order valence-corrected chi connectivity index (χ3v) is 7.09. The molecule has 1 saturated heterocycles. The van der Waals surface area contributed by atoms with E-state index in [1.807, 2.05) is 48.5 Å². The average Bonchev–Trinajstić information content (AvgIpc) is 3.22. The normalized spacial score (nSPS) is 17.1. The van der Waals surface area contributed by atoms with Gasteiger partial charge in [0.15, 0.2) is 0 Å². The lowest BCUT2D eigenvalue weighted by atomic mass is 9.96. The molecule has 34 heavy (non-hydrogen) atoms. The lowest BCUT2D eigenvalue weighted by Crippen LogP contribution is -2.35. The second kappa shape index (κ2) is 9.41. The molecule has 0 spiro atoms. The Bertz CT molecular complexity index is 1190. The zero-order valence-electron chi connectivity index (χ0n) is 19.4. The number of carbonyl (C=O) groups is 2. The molecule has 178 valence electrons. The highest BCUT2D eigenvalue weighted by Crippen LogP contribution is 2.35. The molecular formula is C27H30N2O5. The molecule has 2 aromatic carbocycles. The van der Waals surface area contributed by atoms with Gasteiger partial charge in [-0.25, -0.2) is 4.79 Å². The molecule has 0 aliphatic carbocycles. The predicted octanol–water partition coefficient (Wildman–Crippen LogP) is 4.69. The number of nitrogens with zero attached hydrogens (tertiary/aromatic N) is 2. The van der Waals surface area contributed by atoms with Gasteiger partial charge < -0.3 is 24.0 Å². The Kier molecular flexibility index (Phi) is 6.18. The third kappa shape index (κ3) is 4.22. The van der Waals surface area contributed by atoms with Crippen molar-refractivity contribution in [3.8, 4) is 5.88 Å². The standard InChI is InChI=1S/C27H30N2O5/c1-18(26(30)31)20-7-9-21(10-8-20)28-14-11-19(12-15-28)17-34-27(32)24-22-5-2-3-6-23(22)29-13-4-16-33-25(24)29/h2-3,5-10,18-19H,4,11-17H2,1H3,(H,30,31). The summed E-state index contributed by atoms with van der Waals surface area (Å²) in [5.41, 5.74) is 3.47. The number of anilines is 1. The molecule has 2 aliphatic rings. The predicted molar refractivity (Wildman–Crippen MR) is 130 cm³/mol. The van der Waals surface area contributed by atoms with Crippen molar-refractivity contribution in [1.82, 2.24) is 4.57 Å². The van der Waals surface area contributed by atoms with Crippen molar-refractivity contribution in [3.63, 3.8) is 0 Å². The highest BCUT2D eigenvalue weighted by Gasteiger charge is 2.28. The van der Waals surface area contributed by atoms with E-state index in [1.165, 1.54) is 0 Å². The Balaban J connectivity index is 1.19. The zero-order chi connectivity index (χ0) is 23.7. The van der Waals surface area contributed by atoms with Crippen LogP contribution in [0.15, 0.2) is 48.5 Å². The molecule has 1 unspecified atom stereocenters. The third-order valence-electron chi connectivity index (χ3n) is 7.09. The number of aryl methyl sites for hydroxylation is 1. The first-order chi connectivity index (χ1) is 16.5. The molecule has 1 aromatic heterocycles. The minimum Gasteiger partial charge on any atom is -0.481 e. The second-order valence-corrected chi connectivity index (χ2v) is 9.23. The maximum atomic E-state index is 13.1. The van der Waals surface area contributed by atoms with Crippen molar-refractivity contribution in [3.05, 3.63) is 59.7 Å². The van der Waals surface area contributed by atoms with Crippen LogP contribution in [0.4, 0.5) is 5.69 Å². The van der Waals surface area contributed by atoms with Crippen LogP contribution >= 0.6 is 0 Å². The van der Waals surface area contributed by atoms with Gasteiger partial charge in [0.1, 0.15) is 5.56 Å². The number of piperidine rings is 1. The number of benzene rings is 2. The molecule has 2 aliphatic heterocycles. The number of esters is 1. The number of ether oxygens (including phenoxy) is 2. The molecule has 7 nitrogen and oxygen atoms in total. The van der Waals surface area contributed by atoms with Crippen LogP contribution in [0.25, 0.3) is 10.9 Å². The van der Waals surface area contributed by atoms with Crippen LogP contribution < -0.4 is 9.64 Å². The number of aliphatic carboxylic acids is 1. The topological polar surface area (TPSA) is 81.0 Å². The number of hydrogen-bond acceptors (Lipinski definition) is 5. The van der Waals surface area contributed by atoms with E-state index in [2.05, 4.69) is 9.47 Å². The maximum absolute atomic E-state index is 13.1. The molecule has 1 N–H and O–H groups in total. The Labute approximate surface area is 198 Å². The lowest BCUT2D eigenvalue weighted by molar-refractivity contribution is -0.138. The molecule has 3 heterocycles. The highest BCUT2D eigenvalue weighted by atomic mass is 16.5. The minimum atomic E-state index is -0.816. The van der Waals surface area contributed by atoms with Gasteiger partial charge in [-0.1, -0.05) is 30.3 Å². The van der Waals surface area contributed by atoms with Gasteiger partial charge in [-0.3, -0.25) is 4.79 Å². The molecule has 0 saturated carbocycles. The van der Waals surface area contributed by atoms with Gasteiger partial charge in [-0.15, -0.1) is 0 Å². The molecule has 5 rings (SSSR count). The first kappa shape index (κ1) is 22.3. The molecule has 0 radical (unpaired) electrons. The van der Waals surface area contributed by atoms with Crippen molar-refractivity contribution in [2.75, 3.05) is 31.2 Å². The lowest BCUT2D eigenvalue weighted by Gasteiger charge is -2.33.